The number of benzene rings is 2. The number of nitrogens with zero attached hydrogens (tertiary/aromatic N) is 1. The maximum absolute atomic E-state index is 12.7. The second-order valence-electron chi connectivity index (χ2n) is 7.36. The topological polar surface area (TPSA) is 93.7 Å². The van der Waals surface area contributed by atoms with Crippen LogP contribution in [-0.4, -0.2) is 53.7 Å². The van der Waals surface area contributed by atoms with Crippen molar-refractivity contribution in [1.29, 1.82) is 0 Å². The second-order valence-corrected chi connectivity index (χ2v) is 7.36. The molecule has 1 aliphatic heterocycles. The van der Waals surface area contributed by atoms with E-state index in [2.05, 4.69) is 20.9 Å². The van der Waals surface area contributed by atoms with E-state index in [9.17, 15) is 14.7 Å². The molecule has 0 spiro atoms. The third kappa shape index (κ3) is 6.30. The van der Waals surface area contributed by atoms with Crippen molar-refractivity contribution < 1.29 is 14.7 Å². The average molecular weight is 396 g/mol. The normalized spacial score (nSPS) is 18.6. The van der Waals surface area contributed by atoms with Crippen molar-refractivity contribution in [2.45, 2.75) is 31.5 Å². The van der Waals surface area contributed by atoms with Gasteiger partial charge in [0.05, 0.1) is 12.1 Å². The Morgan fingerprint density at radius 1 is 1.07 bits per heavy atom. The van der Waals surface area contributed by atoms with Gasteiger partial charge in [-0.05, 0) is 31.0 Å². The number of aliphatic hydroxyl groups excluding tert-OH is 1. The lowest BCUT2D eigenvalue weighted by molar-refractivity contribution is -0.123. The number of rotatable bonds is 7. The van der Waals surface area contributed by atoms with E-state index in [-0.39, 0.29) is 18.1 Å². The highest BCUT2D eigenvalue weighted by atomic mass is 16.3. The summed E-state index contributed by atoms with van der Waals surface area (Å²) in [6.07, 6.45) is 0.428. The molecule has 1 aliphatic rings. The van der Waals surface area contributed by atoms with Crippen molar-refractivity contribution in [1.82, 2.24) is 15.5 Å². The van der Waals surface area contributed by atoms with Gasteiger partial charge in [-0.25, -0.2) is 4.79 Å². The van der Waals surface area contributed by atoms with Crippen LogP contribution < -0.4 is 16.0 Å². The van der Waals surface area contributed by atoms with Gasteiger partial charge in [-0.15, -0.1) is 0 Å². The Kier molecular flexibility index (Phi) is 7.21. The Morgan fingerprint density at radius 3 is 2.34 bits per heavy atom. The van der Waals surface area contributed by atoms with Crippen molar-refractivity contribution in [2.24, 2.45) is 0 Å². The van der Waals surface area contributed by atoms with Gasteiger partial charge in [0.1, 0.15) is 6.04 Å². The van der Waals surface area contributed by atoms with Gasteiger partial charge in [0.2, 0.25) is 5.91 Å². The zero-order valence-electron chi connectivity index (χ0n) is 16.5. The summed E-state index contributed by atoms with van der Waals surface area (Å²) in [5.74, 6) is -0.262. The number of urea groups is 1. The van der Waals surface area contributed by atoms with Crippen LogP contribution in [0.3, 0.4) is 0 Å². The van der Waals surface area contributed by atoms with Crippen LogP contribution in [0.2, 0.25) is 0 Å². The minimum atomic E-state index is -0.700. The Labute approximate surface area is 171 Å². The summed E-state index contributed by atoms with van der Waals surface area (Å²) in [6.45, 7) is 3.66. The molecular weight excluding hydrogens is 368 g/mol. The van der Waals surface area contributed by atoms with Crippen LogP contribution in [-0.2, 0) is 4.79 Å². The highest BCUT2D eigenvalue weighted by Gasteiger charge is 2.26. The fourth-order valence-electron chi connectivity index (χ4n) is 3.40. The van der Waals surface area contributed by atoms with Crippen LogP contribution in [0.5, 0.6) is 0 Å². The maximum atomic E-state index is 12.7. The number of carbonyl (C=O) groups is 2. The van der Waals surface area contributed by atoms with E-state index in [4.69, 9.17) is 0 Å². The monoisotopic (exact) mass is 396 g/mol. The van der Waals surface area contributed by atoms with Gasteiger partial charge in [0, 0.05) is 25.3 Å². The van der Waals surface area contributed by atoms with Gasteiger partial charge in [-0.3, -0.25) is 9.69 Å². The lowest BCUT2D eigenvalue weighted by atomic mass is 10.1. The van der Waals surface area contributed by atoms with Crippen molar-refractivity contribution in [3.63, 3.8) is 0 Å². The molecule has 29 heavy (non-hydrogen) atoms. The molecule has 0 aliphatic carbocycles. The third-order valence-corrected chi connectivity index (χ3v) is 4.98. The predicted molar refractivity (Wildman–Crippen MR) is 112 cm³/mol. The quantitative estimate of drug-likeness (QED) is 0.577. The van der Waals surface area contributed by atoms with Crippen LogP contribution in [0.4, 0.5) is 10.5 Å². The van der Waals surface area contributed by atoms with Gasteiger partial charge in [0.15, 0.2) is 0 Å². The van der Waals surface area contributed by atoms with Crippen LogP contribution in [0.15, 0.2) is 60.7 Å². The highest BCUT2D eigenvalue weighted by molar-refractivity contribution is 5.93. The van der Waals surface area contributed by atoms with Gasteiger partial charge in [-0.2, -0.15) is 0 Å². The van der Waals surface area contributed by atoms with Crippen LogP contribution in [0, 0.1) is 0 Å². The van der Waals surface area contributed by atoms with E-state index in [0.29, 0.717) is 18.8 Å². The number of β-amino-alcohol motifs (C(OH)–C–C–N with tert-alkyl or cyclic N) is 1. The molecule has 7 heteroatoms. The molecule has 0 aromatic heterocycles. The molecule has 2 aromatic rings. The zero-order chi connectivity index (χ0) is 20.6. The van der Waals surface area contributed by atoms with Crippen molar-refractivity contribution in [3.8, 4) is 0 Å². The Balaban J connectivity index is 1.58. The second kappa shape index (κ2) is 10.0. The molecule has 1 saturated heterocycles. The molecule has 3 rings (SSSR count). The van der Waals surface area contributed by atoms with Gasteiger partial charge in [-0.1, -0.05) is 48.5 Å². The molecule has 2 aromatic carbocycles. The number of para-hydroxylation sites is 1. The van der Waals surface area contributed by atoms with Gasteiger partial charge < -0.3 is 21.1 Å². The first-order valence-electron chi connectivity index (χ1n) is 9.89. The summed E-state index contributed by atoms with van der Waals surface area (Å²) in [5, 5.41) is 18.2. The molecule has 0 bridgehead atoms. The summed E-state index contributed by atoms with van der Waals surface area (Å²) in [6, 6.07) is 17.4. The van der Waals surface area contributed by atoms with E-state index in [1.807, 2.05) is 48.5 Å². The fraction of sp³-hybridized carbons (Fsp3) is 0.364. The molecule has 3 unspecified atom stereocenters. The highest BCUT2D eigenvalue weighted by Crippen LogP contribution is 2.18. The Morgan fingerprint density at radius 2 is 1.72 bits per heavy atom. The van der Waals surface area contributed by atoms with Crippen LogP contribution in [0.1, 0.15) is 24.9 Å². The summed E-state index contributed by atoms with van der Waals surface area (Å²) in [4.78, 5) is 27.0. The summed E-state index contributed by atoms with van der Waals surface area (Å²) < 4.78 is 0. The maximum Gasteiger partial charge on any atom is 0.319 e. The molecule has 1 heterocycles. The number of anilines is 1. The molecule has 1 fully saturated rings. The number of carbonyl (C=O) groups excluding carboxylic acids is 2. The number of aliphatic hydroxyl groups is 1. The van der Waals surface area contributed by atoms with E-state index < -0.39 is 12.1 Å². The zero-order valence-corrected chi connectivity index (χ0v) is 16.5. The first-order chi connectivity index (χ1) is 14.0. The molecule has 0 radical (unpaired) electrons. The number of hydrogen-bond donors (Lipinski definition) is 4. The van der Waals surface area contributed by atoms with E-state index in [1.54, 1.807) is 19.1 Å². The van der Waals surface area contributed by atoms with Crippen LogP contribution >= 0.6 is 0 Å². The summed E-state index contributed by atoms with van der Waals surface area (Å²) >= 11 is 0. The lowest BCUT2D eigenvalue weighted by Crippen LogP contribution is -2.48. The molecule has 154 valence electrons. The Hall–Kier alpha value is -2.90. The number of hydrogen-bond acceptors (Lipinski definition) is 4. The molecule has 3 atom stereocenters. The van der Waals surface area contributed by atoms with Gasteiger partial charge in [0.25, 0.3) is 0 Å². The van der Waals surface area contributed by atoms with E-state index in [1.165, 1.54) is 0 Å². The molecule has 7 nitrogen and oxygen atoms in total. The smallest absolute Gasteiger partial charge is 0.319 e. The summed E-state index contributed by atoms with van der Waals surface area (Å²) in [7, 11) is 0. The SMILES string of the molecule is CC(NC(=O)Nc1ccccc1)C(=O)NC(CN1CCC(O)C1)c1ccccc1. The number of amides is 3. The molecule has 0 saturated carbocycles. The lowest BCUT2D eigenvalue weighted by Gasteiger charge is -2.26. The van der Waals surface area contributed by atoms with E-state index >= 15 is 0 Å². The largest absolute Gasteiger partial charge is 0.392 e. The first kappa shape index (κ1) is 20.8. The van der Waals surface area contributed by atoms with Crippen molar-refractivity contribution >= 4 is 17.6 Å². The standard InChI is InChI=1S/C22H28N4O3/c1-16(23-22(29)24-18-10-6-3-7-11-18)21(28)25-20(17-8-4-2-5-9-17)15-26-13-12-19(27)14-26/h2-11,16,19-20,27H,12-15H2,1H3,(H,25,28)(H2,23,24,29). The number of likely N-dealkylation sites (tertiary alicyclic amines) is 1. The third-order valence-electron chi connectivity index (χ3n) is 4.98. The Bertz CT molecular complexity index is 800. The first-order valence-corrected chi connectivity index (χ1v) is 9.89. The van der Waals surface area contributed by atoms with Crippen molar-refractivity contribution in [2.75, 3.05) is 25.0 Å². The fourth-order valence-corrected chi connectivity index (χ4v) is 3.40. The van der Waals surface area contributed by atoms with Crippen molar-refractivity contribution in [3.05, 3.63) is 66.2 Å². The number of nitrogens with one attached hydrogen (secondary N) is 3. The minimum Gasteiger partial charge on any atom is -0.392 e. The molecular formula is C22H28N4O3. The molecule has 3 amide bonds. The average Bonchev–Trinajstić information content (AvgIpc) is 3.13. The molecule has 4 N–H and O–H groups in total. The van der Waals surface area contributed by atoms with E-state index in [0.717, 1.165) is 18.5 Å². The minimum absolute atomic E-state index is 0.226. The van der Waals surface area contributed by atoms with Gasteiger partial charge >= 0.3 is 6.03 Å². The summed E-state index contributed by atoms with van der Waals surface area (Å²) in [5.41, 5.74) is 1.65. The predicted octanol–water partition coefficient (Wildman–Crippen LogP) is 2.12. The van der Waals surface area contributed by atoms with Crippen LogP contribution in [0.25, 0.3) is 0 Å².